The summed E-state index contributed by atoms with van der Waals surface area (Å²) in [6.45, 7) is 1.06. The van der Waals surface area contributed by atoms with Gasteiger partial charge in [0.2, 0.25) is 0 Å². The lowest BCUT2D eigenvalue weighted by Gasteiger charge is -2.32. The molecule has 3 rings (SSSR count). The van der Waals surface area contributed by atoms with E-state index in [1.807, 2.05) is 6.07 Å². The fourth-order valence-corrected chi connectivity index (χ4v) is 3.38. The maximum atomic E-state index is 5.96. The minimum atomic E-state index is 0.413. The standard InChI is InChI=1S/C13H18ClNO/c14-11-8-10-6-7-15-12(13(10)16-11)9-4-2-1-3-5-9/h8-9,12,15H,1-7H2. The highest BCUT2D eigenvalue weighted by molar-refractivity contribution is 6.28. The molecule has 1 fully saturated rings. The Morgan fingerprint density at radius 2 is 2.06 bits per heavy atom. The first kappa shape index (κ1) is 10.7. The fraction of sp³-hybridized carbons (Fsp3) is 0.692. The Kier molecular flexibility index (Phi) is 2.95. The van der Waals surface area contributed by atoms with Gasteiger partial charge in [-0.1, -0.05) is 19.3 Å². The molecule has 0 aromatic carbocycles. The summed E-state index contributed by atoms with van der Waals surface area (Å²) < 4.78 is 5.67. The second kappa shape index (κ2) is 4.42. The highest BCUT2D eigenvalue weighted by Crippen LogP contribution is 2.39. The topological polar surface area (TPSA) is 25.2 Å². The molecule has 0 spiro atoms. The largest absolute Gasteiger partial charge is 0.448 e. The first-order chi connectivity index (χ1) is 7.84. The average molecular weight is 240 g/mol. The molecule has 2 nitrogen and oxygen atoms in total. The van der Waals surface area contributed by atoms with Crippen molar-refractivity contribution in [1.29, 1.82) is 0 Å². The van der Waals surface area contributed by atoms with E-state index in [1.165, 1.54) is 37.7 Å². The molecule has 0 amide bonds. The number of halogens is 1. The molecule has 1 N–H and O–H groups in total. The molecule has 0 saturated heterocycles. The smallest absolute Gasteiger partial charge is 0.193 e. The predicted molar refractivity (Wildman–Crippen MR) is 64.7 cm³/mol. The van der Waals surface area contributed by atoms with Crippen molar-refractivity contribution in [2.24, 2.45) is 5.92 Å². The van der Waals surface area contributed by atoms with Gasteiger partial charge in [0.05, 0.1) is 6.04 Å². The zero-order chi connectivity index (χ0) is 11.0. The van der Waals surface area contributed by atoms with Gasteiger partial charge in [-0.15, -0.1) is 0 Å². The lowest BCUT2D eigenvalue weighted by molar-refractivity contribution is 0.235. The van der Waals surface area contributed by atoms with Crippen LogP contribution in [-0.2, 0) is 6.42 Å². The Labute approximate surface area is 101 Å². The Morgan fingerprint density at radius 3 is 2.88 bits per heavy atom. The Bertz CT molecular complexity index is 368. The molecule has 1 aliphatic heterocycles. The molecular formula is C13H18ClNO. The third kappa shape index (κ3) is 1.89. The maximum Gasteiger partial charge on any atom is 0.193 e. The highest BCUT2D eigenvalue weighted by Gasteiger charge is 2.31. The van der Waals surface area contributed by atoms with E-state index < -0.39 is 0 Å². The molecule has 3 heteroatoms. The van der Waals surface area contributed by atoms with E-state index in [0.717, 1.165) is 24.6 Å². The van der Waals surface area contributed by atoms with Crippen molar-refractivity contribution in [1.82, 2.24) is 5.32 Å². The molecule has 1 unspecified atom stereocenters. The van der Waals surface area contributed by atoms with E-state index in [0.29, 0.717) is 11.3 Å². The molecule has 1 aromatic heterocycles. The van der Waals surface area contributed by atoms with Crippen LogP contribution in [0.2, 0.25) is 5.22 Å². The van der Waals surface area contributed by atoms with Crippen LogP contribution in [0.4, 0.5) is 0 Å². The first-order valence-corrected chi connectivity index (χ1v) is 6.74. The van der Waals surface area contributed by atoms with Crippen LogP contribution in [0.3, 0.4) is 0 Å². The van der Waals surface area contributed by atoms with Crippen LogP contribution in [0, 0.1) is 5.92 Å². The Balaban J connectivity index is 1.85. The lowest BCUT2D eigenvalue weighted by Crippen LogP contribution is -2.34. The molecule has 2 heterocycles. The average Bonchev–Trinajstić information content (AvgIpc) is 2.70. The van der Waals surface area contributed by atoms with Crippen LogP contribution in [0.15, 0.2) is 10.5 Å². The van der Waals surface area contributed by atoms with E-state index in [2.05, 4.69) is 5.32 Å². The quantitative estimate of drug-likeness (QED) is 0.809. The zero-order valence-electron chi connectivity index (χ0n) is 9.47. The maximum absolute atomic E-state index is 5.96. The summed E-state index contributed by atoms with van der Waals surface area (Å²) in [7, 11) is 0. The zero-order valence-corrected chi connectivity index (χ0v) is 10.2. The number of furan rings is 1. The van der Waals surface area contributed by atoms with Crippen molar-refractivity contribution in [3.8, 4) is 0 Å². The summed E-state index contributed by atoms with van der Waals surface area (Å²) >= 11 is 5.96. The Morgan fingerprint density at radius 1 is 1.25 bits per heavy atom. The molecule has 16 heavy (non-hydrogen) atoms. The van der Waals surface area contributed by atoms with Crippen LogP contribution < -0.4 is 5.32 Å². The molecule has 2 aliphatic rings. The van der Waals surface area contributed by atoms with Crippen molar-refractivity contribution >= 4 is 11.6 Å². The van der Waals surface area contributed by atoms with Crippen molar-refractivity contribution in [2.45, 2.75) is 44.6 Å². The van der Waals surface area contributed by atoms with Crippen molar-refractivity contribution in [3.63, 3.8) is 0 Å². The van der Waals surface area contributed by atoms with Gasteiger partial charge in [0.1, 0.15) is 5.76 Å². The molecule has 1 aromatic rings. The van der Waals surface area contributed by atoms with Crippen molar-refractivity contribution < 1.29 is 4.42 Å². The van der Waals surface area contributed by atoms with Crippen LogP contribution in [-0.4, -0.2) is 6.54 Å². The first-order valence-electron chi connectivity index (χ1n) is 6.36. The number of hydrogen-bond acceptors (Lipinski definition) is 2. The molecule has 0 radical (unpaired) electrons. The van der Waals surface area contributed by atoms with Crippen LogP contribution in [0.25, 0.3) is 0 Å². The summed E-state index contributed by atoms with van der Waals surface area (Å²) in [6.07, 6.45) is 7.84. The van der Waals surface area contributed by atoms with Gasteiger partial charge in [0, 0.05) is 0 Å². The lowest BCUT2D eigenvalue weighted by atomic mass is 9.81. The molecule has 88 valence electrons. The van der Waals surface area contributed by atoms with Gasteiger partial charge in [-0.2, -0.15) is 0 Å². The second-order valence-corrected chi connectivity index (χ2v) is 5.39. The number of hydrogen-bond donors (Lipinski definition) is 1. The molecule has 1 saturated carbocycles. The Hall–Kier alpha value is -0.470. The van der Waals surface area contributed by atoms with Gasteiger partial charge < -0.3 is 9.73 Å². The summed E-state index contributed by atoms with van der Waals surface area (Å²) in [5.41, 5.74) is 1.32. The SMILES string of the molecule is Clc1cc2c(o1)C(C1CCCCC1)NCC2. The van der Waals surface area contributed by atoms with Gasteiger partial charge in [0.25, 0.3) is 0 Å². The van der Waals surface area contributed by atoms with Crippen molar-refractivity contribution in [2.75, 3.05) is 6.54 Å². The third-order valence-corrected chi connectivity index (χ3v) is 4.16. The molecule has 0 bridgehead atoms. The minimum Gasteiger partial charge on any atom is -0.448 e. The van der Waals surface area contributed by atoms with E-state index >= 15 is 0 Å². The minimum absolute atomic E-state index is 0.413. The summed E-state index contributed by atoms with van der Waals surface area (Å²) in [5.74, 6) is 1.86. The molecule has 1 aliphatic carbocycles. The van der Waals surface area contributed by atoms with Crippen molar-refractivity contribution in [3.05, 3.63) is 22.6 Å². The van der Waals surface area contributed by atoms with Crippen LogP contribution >= 0.6 is 11.6 Å². The van der Waals surface area contributed by atoms with Gasteiger partial charge >= 0.3 is 0 Å². The third-order valence-electron chi connectivity index (χ3n) is 3.97. The number of rotatable bonds is 1. The van der Waals surface area contributed by atoms with Gasteiger partial charge in [-0.25, -0.2) is 0 Å². The van der Waals surface area contributed by atoms with E-state index in [9.17, 15) is 0 Å². The molecular weight excluding hydrogens is 222 g/mol. The van der Waals surface area contributed by atoms with E-state index in [1.54, 1.807) is 0 Å². The number of fused-ring (bicyclic) bond motifs is 1. The van der Waals surface area contributed by atoms with Crippen LogP contribution in [0.1, 0.15) is 49.5 Å². The van der Waals surface area contributed by atoms with Gasteiger partial charge in [-0.05, 0) is 55.0 Å². The fourth-order valence-electron chi connectivity index (χ4n) is 3.17. The van der Waals surface area contributed by atoms with E-state index in [-0.39, 0.29) is 0 Å². The summed E-state index contributed by atoms with van der Waals surface area (Å²) in [5, 5.41) is 4.16. The monoisotopic (exact) mass is 239 g/mol. The second-order valence-electron chi connectivity index (χ2n) is 5.02. The molecule has 1 atom stereocenters. The summed E-state index contributed by atoms with van der Waals surface area (Å²) in [4.78, 5) is 0. The van der Waals surface area contributed by atoms with Crippen LogP contribution in [0.5, 0.6) is 0 Å². The summed E-state index contributed by atoms with van der Waals surface area (Å²) in [6, 6.07) is 2.41. The van der Waals surface area contributed by atoms with Gasteiger partial charge in [-0.3, -0.25) is 0 Å². The highest BCUT2D eigenvalue weighted by atomic mass is 35.5. The predicted octanol–water partition coefficient (Wildman–Crippen LogP) is 3.70. The normalized spacial score (nSPS) is 26.7. The van der Waals surface area contributed by atoms with Gasteiger partial charge in [0.15, 0.2) is 5.22 Å². The van der Waals surface area contributed by atoms with E-state index in [4.69, 9.17) is 16.0 Å². The number of nitrogens with one attached hydrogen (secondary N) is 1.